The minimum Gasteiger partial charge on any atom is -0.366 e. The molecule has 0 aliphatic rings. The van der Waals surface area contributed by atoms with Crippen LogP contribution in [0.5, 0.6) is 0 Å². The van der Waals surface area contributed by atoms with Gasteiger partial charge in [0.25, 0.3) is 0 Å². The van der Waals surface area contributed by atoms with Crippen LogP contribution >= 0.6 is 0 Å². The fraction of sp³-hybridized carbons (Fsp3) is 0.250. The topological polar surface area (TPSA) is 43.1 Å². The van der Waals surface area contributed by atoms with E-state index in [4.69, 9.17) is 5.73 Å². The van der Waals surface area contributed by atoms with Gasteiger partial charge in [-0.25, -0.2) is 0 Å². The van der Waals surface area contributed by atoms with Gasteiger partial charge in [-0.2, -0.15) is 0 Å². The molecule has 1 aromatic carbocycles. The highest BCUT2D eigenvalue weighted by molar-refractivity contribution is 5.94. The molecule has 2 nitrogen and oxygen atoms in total. The first-order valence-corrected chi connectivity index (χ1v) is 4.67. The lowest BCUT2D eigenvalue weighted by Gasteiger charge is -2.10. The summed E-state index contributed by atoms with van der Waals surface area (Å²) in [5, 5.41) is 0. The molecule has 0 aromatic heterocycles. The normalized spacial score (nSPS) is 11.8. The van der Waals surface area contributed by atoms with E-state index < -0.39 is 5.91 Å². The third kappa shape index (κ3) is 2.73. The molecule has 14 heavy (non-hydrogen) atoms. The summed E-state index contributed by atoms with van der Waals surface area (Å²) in [5.74, 6) is -0.0950. The fourth-order valence-corrected chi connectivity index (χ4v) is 1.37. The molecule has 0 saturated heterocycles. The fourth-order valence-electron chi connectivity index (χ4n) is 1.37. The molecule has 0 spiro atoms. The molecule has 0 aliphatic heterocycles. The molecule has 1 rings (SSSR count). The van der Waals surface area contributed by atoms with Crippen molar-refractivity contribution in [3.05, 3.63) is 42.0 Å². The zero-order valence-electron chi connectivity index (χ0n) is 8.53. The first-order chi connectivity index (χ1) is 6.61. The van der Waals surface area contributed by atoms with Crippen molar-refractivity contribution in [3.8, 4) is 0 Å². The van der Waals surface area contributed by atoms with Gasteiger partial charge in [0.2, 0.25) is 5.91 Å². The molecule has 0 heterocycles. The van der Waals surface area contributed by atoms with Gasteiger partial charge in [0, 0.05) is 6.08 Å². The molecular weight excluding hydrogens is 174 g/mol. The highest BCUT2D eigenvalue weighted by atomic mass is 16.1. The van der Waals surface area contributed by atoms with Crippen LogP contribution < -0.4 is 5.73 Å². The zero-order chi connectivity index (χ0) is 10.6. The van der Waals surface area contributed by atoms with Gasteiger partial charge < -0.3 is 5.73 Å². The van der Waals surface area contributed by atoms with Gasteiger partial charge in [0.05, 0.1) is 0 Å². The van der Waals surface area contributed by atoms with Crippen LogP contribution in [-0.2, 0) is 4.79 Å². The van der Waals surface area contributed by atoms with Crippen molar-refractivity contribution in [1.82, 2.24) is 0 Å². The number of carbonyl (C=O) groups excluding carboxylic acids is 1. The lowest BCUT2D eigenvalue weighted by atomic mass is 9.95. The average molecular weight is 189 g/mol. The molecule has 1 amide bonds. The van der Waals surface area contributed by atoms with E-state index in [1.807, 2.05) is 44.2 Å². The Morgan fingerprint density at radius 3 is 2.29 bits per heavy atom. The second-order valence-electron chi connectivity index (χ2n) is 3.52. The Kier molecular flexibility index (Phi) is 3.46. The SMILES string of the molecule is CC(C)/C(=C\C(N)=O)c1ccccc1. The van der Waals surface area contributed by atoms with Crippen molar-refractivity contribution < 1.29 is 4.79 Å². The minimum absolute atomic E-state index is 0.296. The maximum Gasteiger partial charge on any atom is 0.241 e. The van der Waals surface area contributed by atoms with E-state index in [1.54, 1.807) is 0 Å². The number of hydrogen-bond donors (Lipinski definition) is 1. The number of amides is 1. The molecule has 1 aromatic rings. The summed E-state index contributed by atoms with van der Waals surface area (Å²) in [6.45, 7) is 4.09. The van der Waals surface area contributed by atoms with Crippen molar-refractivity contribution in [2.45, 2.75) is 13.8 Å². The molecule has 2 heteroatoms. The summed E-state index contributed by atoms with van der Waals surface area (Å²) in [7, 11) is 0. The maximum atomic E-state index is 10.8. The van der Waals surface area contributed by atoms with E-state index in [0.29, 0.717) is 5.92 Å². The minimum atomic E-state index is -0.391. The standard InChI is InChI=1S/C12H15NO/c1-9(2)11(8-12(13)14)10-6-4-3-5-7-10/h3-9H,1-2H3,(H2,13,14)/b11-8+. The van der Waals surface area contributed by atoms with Crippen molar-refractivity contribution in [3.63, 3.8) is 0 Å². The summed E-state index contributed by atoms with van der Waals surface area (Å²) < 4.78 is 0. The quantitative estimate of drug-likeness (QED) is 0.728. The maximum absolute atomic E-state index is 10.8. The summed E-state index contributed by atoms with van der Waals surface area (Å²) in [6, 6.07) is 9.81. The second-order valence-corrected chi connectivity index (χ2v) is 3.52. The monoisotopic (exact) mass is 189 g/mol. The van der Waals surface area contributed by atoms with Crippen LogP contribution in [0.25, 0.3) is 5.57 Å². The summed E-state index contributed by atoms with van der Waals surface area (Å²) in [6.07, 6.45) is 1.50. The number of primary amides is 1. The molecule has 0 fully saturated rings. The van der Waals surface area contributed by atoms with E-state index >= 15 is 0 Å². The van der Waals surface area contributed by atoms with Gasteiger partial charge in [-0.15, -0.1) is 0 Å². The van der Waals surface area contributed by atoms with Crippen LogP contribution in [0, 0.1) is 5.92 Å². The van der Waals surface area contributed by atoms with Crippen LogP contribution in [0.2, 0.25) is 0 Å². The molecule has 0 aliphatic carbocycles. The van der Waals surface area contributed by atoms with Crippen molar-refractivity contribution >= 4 is 11.5 Å². The van der Waals surface area contributed by atoms with Gasteiger partial charge >= 0.3 is 0 Å². The largest absolute Gasteiger partial charge is 0.366 e. The van der Waals surface area contributed by atoms with Gasteiger partial charge in [-0.1, -0.05) is 44.2 Å². The third-order valence-electron chi connectivity index (χ3n) is 2.03. The second kappa shape index (κ2) is 4.61. The van der Waals surface area contributed by atoms with Crippen LogP contribution in [0.15, 0.2) is 36.4 Å². The van der Waals surface area contributed by atoms with Crippen LogP contribution in [0.1, 0.15) is 19.4 Å². The summed E-state index contributed by atoms with van der Waals surface area (Å²) in [4.78, 5) is 10.8. The van der Waals surface area contributed by atoms with Crippen molar-refractivity contribution in [2.75, 3.05) is 0 Å². The van der Waals surface area contributed by atoms with Crippen LogP contribution in [0.4, 0.5) is 0 Å². The molecule has 0 saturated carbocycles. The van der Waals surface area contributed by atoms with Gasteiger partial charge in [0.1, 0.15) is 0 Å². The van der Waals surface area contributed by atoms with E-state index in [0.717, 1.165) is 11.1 Å². The molecule has 2 N–H and O–H groups in total. The smallest absolute Gasteiger partial charge is 0.241 e. The molecule has 0 radical (unpaired) electrons. The molecule has 0 bridgehead atoms. The number of nitrogens with two attached hydrogens (primary N) is 1. The average Bonchev–Trinajstić information content (AvgIpc) is 2.15. The highest BCUT2D eigenvalue weighted by Crippen LogP contribution is 2.22. The lowest BCUT2D eigenvalue weighted by Crippen LogP contribution is -2.08. The predicted octanol–water partition coefficient (Wildman–Crippen LogP) is 2.21. The Hall–Kier alpha value is -1.57. The Balaban J connectivity index is 3.08. The zero-order valence-corrected chi connectivity index (χ0v) is 8.53. The third-order valence-corrected chi connectivity index (χ3v) is 2.03. The van der Waals surface area contributed by atoms with Crippen molar-refractivity contribution in [1.29, 1.82) is 0 Å². The highest BCUT2D eigenvalue weighted by Gasteiger charge is 2.06. The van der Waals surface area contributed by atoms with E-state index in [9.17, 15) is 4.79 Å². The van der Waals surface area contributed by atoms with Crippen molar-refractivity contribution in [2.24, 2.45) is 11.7 Å². The Morgan fingerprint density at radius 2 is 1.86 bits per heavy atom. The Morgan fingerprint density at radius 1 is 1.29 bits per heavy atom. The van der Waals surface area contributed by atoms with Crippen LogP contribution in [-0.4, -0.2) is 5.91 Å². The number of benzene rings is 1. The Bertz CT molecular complexity index is 339. The molecular formula is C12H15NO. The van der Waals surface area contributed by atoms with Gasteiger partial charge in [-0.3, -0.25) is 4.79 Å². The number of allylic oxidation sites excluding steroid dienone is 1. The summed E-state index contributed by atoms with van der Waals surface area (Å²) in [5.41, 5.74) is 7.19. The first kappa shape index (κ1) is 10.5. The molecule has 74 valence electrons. The predicted molar refractivity (Wildman–Crippen MR) is 58.5 cm³/mol. The van der Waals surface area contributed by atoms with Gasteiger partial charge in [-0.05, 0) is 17.1 Å². The number of carbonyl (C=O) groups is 1. The van der Waals surface area contributed by atoms with E-state index in [1.165, 1.54) is 6.08 Å². The van der Waals surface area contributed by atoms with E-state index in [2.05, 4.69) is 0 Å². The first-order valence-electron chi connectivity index (χ1n) is 4.67. The number of rotatable bonds is 3. The molecule has 0 atom stereocenters. The van der Waals surface area contributed by atoms with Crippen LogP contribution in [0.3, 0.4) is 0 Å². The van der Waals surface area contributed by atoms with Gasteiger partial charge in [0.15, 0.2) is 0 Å². The van der Waals surface area contributed by atoms with E-state index in [-0.39, 0.29) is 0 Å². The Labute approximate surface area is 84.4 Å². The number of hydrogen-bond acceptors (Lipinski definition) is 1. The lowest BCUT2D eigenvalue weighted by molar-refractivity contribution is -0.113. The molecule has 0 unspecified atom stereocenters. The summed E-state index contributed by atoms with van der Waals surface area (Å²) >= 11 is 0.